The monoisotopic (exact) mass is 341 g/mol. The number of nitrogens with zero attached hydrogens (tertiary/aromatic N) is 1. The van der Waals surface area contributed by atoms with Crippen molar-refractivity contribution in [2.24, 2.45) is 0 Å². The molecular weight excluding hydrogens is 314 g/mol. The summed E-state index contributed by atoms with van der Waals surface area (Å²) in [4.78, 5) is 14.8. The Bertz CT molecular complexity index is 711. The molecule has 5 heteroatoms. The van der Waals surface area contributed by atoms with E-state index in [4.69, 9.17) is 10.5 Å². The molecule has 0 atom stereocenters. The van der Waals surface area contributed by atoms with Gasteiger partial charge < -0.3 is 15.8 Å². The largest absolute Gasteiger partial charge is 0.495 e. The first-order chi connectivity index (χ1) is 11.9. The summed E-state index contributed by atoms with van der Waals surface area (Å²) in [6.07, 6.45) is 0. The minimum absolute atomic E-state index is 0.160. The molecule has 2 rings (SSSR count). The van der Waals surface area contributed by atoms with E-state index in [9.17, 15) is 4.79 Å². The number of hydrogen-bond acceptors (Lipinski definition) is 4. The summed E-state index contributed by atoms with van der Waals surface area (Å²) in [5, 5.41) is 2.86. The number of ether oxygens (including phenoxy) is 1. The van der Waals surface area contributed by atoms with Crippen LogP contribution in [0.15, 0.2) is 42.5 Å². The third kappa shape index (κ3) is 4.97. The van der Waals surface area contributed by atoms with Crippen molar-refractivity contribution in [3.8, 4) is 5.75 Å². The van der Waals surface area contributed by atoms with Gasteiger partial charge in [0.2, 0.25) is 0 Å². The van der Waals surface area contributed by atoms with Gasteiger partial charge >= 0.3 is 0 Å². The number of nitrogen functional groups attached to an aromatic ring is 1. The van der Waals surface area contributed by atoms with Crippen LogP contribution in [0.2, 0.25) is 0 Å². The number of benzene rings is 2. The Hall–Kier alpha value is -2.53. The van der Waals surface area contributed by atoms with Crippen LogP contribution in [0.5, 0.6) is 5.75 Å². The van der Waals surface area contributed by atoms with Gasteiger partial charge in [-0.1, -0.05) is 19.1 Å². The number of hydrogen-bond donors (Lipinski definition) is 2. The molecule has 0 radical (unpaired) electrons. The summed E-state index contributed by atoms with van der Waals surface area (Å²) in [6, 6.07) is 13.4. The van der Waals surface area contributed by atoms with E-state index in [0.717, 1.165) is 13.1 Å². The highest BCUT2D eigenvalue weighted by molar-refractivity contribution is 6.04. The average Bonchev–Trinajstić information content (AvgIpc) is 2.60. The molecule has 0 aromatic heterocycles. The zero-order chi connectivity index (χ0) is 18.4. The predicted octanol–water partition coefficient (Wildman–Crippen LogP) is 3.76. The maximum Gasteiger partial charge on any atom is 0.255 e. The molecule has 2 aromatic carbocycles. The molecule has 0 spiro atoms. The van der Waals surface area contributed by atoms with Gasteiger partial charge in [0, 0.05) is 23.8 Å². The lowest BCUT2D eigenvalue weighted by molar-refractivity contribution is 0.102. The van der Waals surface area contributed by atoms with Crippen molar-refractivity contribution < 1.29 is 9.53 Å². The van der Waals surface area contributed by atoms with Crippen LogP contribution in [-0.4, -0.2) is 30.5 Å². The van der Waals surface area contributed by atoms with Crippen molar-refractivity contribution in [3.63, 3.8) is 0 Å². The van der Waals surface area contributed by atoms with E-state index >= 15 is 0 Å². The molecule has 1 amide bonds. The summed E-state index contributed by atoms with van der Waals surface area (Å²) in [6.45, 7) is 8.41. The number of nitrogens with one attached hydrogen (secondary N) is 1. The minimum atomic E-state index is -0.160. The fraction of sp³-hybridized carbons (Fsp3) is 0.350. The van der Waals surface area contributed by atoms with Crippen LogP contribution >= 0.6 is 0 Å². The molecule has 25 heavy (non-hydrogen) atoms. The molecule has 0 saturated carbocycles. The predicted molar refractivity (Wildman–Crippen MR) is 103 cm³/mol. The molecule has 0 unspecified atom stereocenters. The lowest BCUT2D eigenvalue weighted by Gasteiger charge is -2.24. The minimum Gasteiger partial charge on any atom is -0.495 e. The molecule has 0 heterocycles. The van der Waals surface area contributed by atoms with Gasteiger partial charge in [-0.3, -0.25) is 9.69 Å². The highest BCUT2D eigenvalue weighted by Gasteiger charge is 2.10. The third-order valence-electron chi connectivity index (χ3n) is 4.23. The van der Waals surface area contributed by atoms with E-state index in [2.05, 4.69) is 31.0 Å². The smallest absolute Gasteiger partial charge is 0.255 e. The number of rotatable bonds is 7. The van der Waals surface area contributed by atoms with E-state index in [-0.39, 0.29) is 5.91 Å². The Morgan fingerprint density at radius 2 is 1.88 bits per heavy atom. The quantitative estimate of drug-likeness (QED) is 0.753. The maximum atomic E-state index is 12.4. The molecule has 3 N–H and O–H groups in total. The zero-order valence-corrected chi connectivity index (χ0v) is 15.4. The molecular formula is C20H27N3O2. The second-order valence-electron chi connectivity index (χ2n) is 6.26. The summed E-state index contributed by atoms with van der Waals surface area (Å²) in [7, 11) is 1.56. The Morgan fingerprint density at radius 3 is 2.40 bits per heavy atom. The van der Waals surface area contributed by atoms with E-state index in [1.54, 1.807) is 25.3 Å². The number of amides is 1. The molecule has 0 bridgehead atoms. The average molecular weight is 341 g/mol. The second kappa shape index (κ2) is 8.53. The fourth-order valence-corrected chi connectivity index (χ4v) is 2.67. The number of carbonyl (C=O) groups is 1. The molecule has 0 fully saturated rings. The lowest BCUT2D eigenvalue weighted by atomic mass is 10.1. The molecule has 134 valence electrons. The first kappa shape index (κ1) is 18.8. The summed E-state index contributed by atoms with van der Waals surface area (Å²) < 4.78 is 5.12. The number of carbonyl (C=O) groups excluding carboxylic acids is 1. The van der Waals surface area contributed by atoms with Crippen LogP contribution in [0.25, 0.3) is 0 Å². The third-order valence-corrected chi connectivity index (χ3v) is 4.23. The Labute approximate surface area is 149 Å². The SMILES string of the molecule is CCN(Cc1ccc(C(=O)Nc2ccc(OC)c(N)c2)cc1)C(C)C. The van der Waals surface area contributed by atoms with Gasteiger partial charge in [-0.15, -0.1) is 0 Å². The summed E-state index contributed by atoms with van der Waals surface area (Å²) in [5.74, 6) is 0.431. The van der Waals surface area contributed by atoms with Crippen molar-refractivity contribution >= 4 is 17.3 Å². The van der Waals surface area contributed by atoms with E-state index in [0.29, 0.717) is 28.7 Å². The van der Waals surface area contributed by atoms with E-state index in [1.165, 1.54) is 5.56 Å². The fourth-order valence-electron chi connectivity index (χ4n) is 2.67. The molecule has 2 aromatic rings. The molecule has 0 saturated heterocycles. The number of nitrogens with two attached hydrogens (primary N) is 1. The van der Waals surface area contributed by atoms with Crippen LogP contribution < -0.4 is 15.8 Å². The Kier molecular flexibility index (Phi) is 6.42. The first-order valence-corrected chi connectivity index (χ1v) is 8.52. The summed E-state index contributed by atoms with van der Waals surface area (Å²) >= 11 is 0. The lowest BCUT2D eigenvalue weighted by Crippen LogP contribution is -2.29. The molecule has 0 aliphatic carbocycles. The van der Waals surface area contributed by atoms with Gasteiger partial charge in [-0.05, 0) is 56.3 Å². The normalized spacial score (nSPS) is 11.0. The van der Waals surface area contributed by atoms with Crippen molar-refractivity contribution in [1.29, 1.82) is 0 Å². The van der Waals surface area contributed by atoms with Gasteiger partial charge in [0.1, 0.15) is 5.75 Å². The van der Waals surface area contributed by atoms with Crippen molar-refractivity contribution in [2.45, 2.75) is 33.4 Å². The summed E-state index contributed by atoms with van der Waals surface area (Å²) in [5.41, 5.74) is 8.81. The second-order valence-corrected chi connectivity index (χ2v) is 6.26. The molecule has 5 nitrogen and oxygen atoms in total. The van der Waals surface area contributed by atoms with Crippen LogP contribution in [0.4, 0.5) is 11.4 Å². The van der Waals surface area contributed by atoms with Crippen LogP contribution in [0.1, 0.15) is 36.7 Å². The van der Waals surface area contributed by atoms with Crippen LogP contribution in [0, 0.1) is 0 Å². The zero-order valence-electron chi connectivity index (χ0n) is 15.4. The van der Waals surface area contributed by atoms with Crippen molar-refractivity contribution in [1.82, 2.24) is 4.90 Å². The molecule has 0 aliphatic rings. The Morgan fingerprint density at radius 1 is 1.20 bits per heavy atom. The van der Waals surface area contributed by atoms with Gasteiger partial charge in [0.05, 0.1) is 12.8 Å². The topological polar surface area (TPSA) is 67.6 Å². The number of anilines is 2. The highest BCUT2D eigenvalue weighted by Crippen LogP contribution is 2.24. The van der Waals surface area contributed by atoms with Crippen LogP contribution in [0.3, 0.4) is 0 Å². The standard InChI is InChI=1S/C20H27N3O2/c1-5-23(14(2)3)13-15-6-8-16(9-7-15)20(24)22-17-10-11-19(25-4)18(21)12-17/h6-12,14H,5,13,21H2,1-4H3,(H,22,24). The van der Waals surface area contributed by atoms with E-state index < -0.39 is 0 Å². The van der Waals surface area contributed by atoms with Crippen molar-refractivity contribution in [2.75, 3.05) is 24.7 Å². The molecule has 0 aliphatic heterocycles. The van der Waals surface area contributed by atoms with Gasteiger partial charge in [0.25, 0.3) is 5.91 Å². The van der Waals surface area contributed by atoms with Gasteiger partial charge in [-0.2, -0.15) is 0 Å². The van der Waals surface area contributed by atoms with Crippen LogP contribution in [-0.2, 0) is 6.54 Å². The highest BCUT2D eigenvalue weighted by atomic mass is 16.5. The maximum absolute atomic E-state index is 12.4. The van der Waals surface area contributed by atoms with Gasteiger partial charge in [0.15, 0.2) is 0 Å². The van der Waals surface area contributed by atoms with E-state index in [1.807, 2.05) is 24.3 Å². The van der Waals surface area contributed by atoms with Gasteiger partial charge in [-0.25, -0.2) is 0 Å². The first-order valence-electron chi connectivity index (χ1n) is 8.52. The number of methoxy groups -OCH3 is 1. The van der Waals surface area contributed by atoms with Crippen molar-refractivity contribution in [3.05, 3.63) is 53.6 Å². The Balaban J connectivity index is 2.04.